The lowest BCUT2D eigenvalue weighted by Crippen LogP contribution is -1.85. The summed E-state index contributed by atoms with van der Waals surface area (Å²) in [7, 11) is 0. The summed E-state index contributed by atoms with van der Waals surface area (Å²) in [5, 5.41) is 2.31. The molecule has 21 heavy (non-hydrogen) atoms. The maximum atomic E-state index is 6.03. The van der Waals surface area contributed by atoms with Gasteiger partial charge >= 0.3 is 11.2 Å². The molecule has 0 saturated heterocycles. The quantitative estimate of drug-likeness (QED) is 0.312. The number of aryl methyl sites for hydroxylation is 1. The molecule has 1 heterocycles. The highest BCUT2D eigenvalue weighted by molar-refractivity contribution is 6.07. The molecule has 4 rings (SSSR count). The number of hydrogen-bond donors (Lipinski definition) is 0. The van der Waals surface area contributed by atoms with E-state index in [-0.39, 0.29) is 0 Å². The summed E-state index contributed by atoms with van der Waals surface area (Å²) in [5.41, 5.74) is 5.59. The Morgan fingerprint density at radius 2 is 1.14 bits per heavy atom. The third kappa shape index (κ3) is 1.98. The molecule has 0 atom stereocenters. The van der Waals surface area contributed by atoms with Gasteiger partial charge in [0.1, 0.15) is 0 Å². The number of rotatable bonds is 1. The van der Waals surface area contributed by atoms with Crippen molar-refractivity contribution < 1.29 is 4.42 Å². The zero-order chi connectivity index (χ0) is 14.2. The first-order valence-electron chi connectivity index (χ1n) is 7.13. The van der Waals surface area contributed by atoms with Crippen molar-refractivity contribution in [1.82, 2.24) is 0 Å². The van der Waals surface area contributed by atoms with Crippen molar-refractivity contribution in [3.05, 3.63) is 78.4 Å². The minimum absolute atomic E-state index is 0.923. The van der Waals surface area contributed by atoms with Crippen LogP contribution < -0.4 is 0 Å². The van der Waals surface area contributed by atoms with Gasteiger partial charge in [-0.1, -0.05) is 54.1 Å². The molecule has 100 valence electrons. The number of fused-ring (bicyclic) bond motifs is 2. The summed E-state index contributed by atoms with van der Waals surface area (Å²) < 4.78 is 6.03. The Morgan fingerprint density at radius 1 is 0.619 bits per heavy atom. The molecule has 1 nitrogen and oxygen atoms in total. The maximum absolute atomic E-state index is 6.03. The van der Waals surface area contributed by atoms with Gasteiger partial charge in [-0.3, -0.25) is 0 Å². The molecule has 0 unspecified atom stereocenters. The summed E-state index contributed by atoms with van der Waals surface area (Å²) in [6.45, 7) is 2.11. The smallest absolute Gasteiger partial charge is 0.207 e. The van der Waals surface area contributed by atoms with Crippen molar-refractivity contribution in [2.24, 2.45) is 0 Å². The summed E-state index contributed by atoms with van der Waals surface area (Å²) >= 11 is 0. The maximum Gasteiger partial charge on any atom is 0.361 e. The molecule has 0 amide bonds. The van der Waals surface area contributed by atoms with Crippen LogP contribution in [0.15, 0.2) is 77.2 Å². The van der Waals surface area contributed by atoms with Gasteiger partial charge < -0.3 is 0 Å². The van der Waals surface area contributed by atoms with Gasteiger partial charge in [-0.2, -0.15) is 0 Å². The average Bonchev–Trinajstić information content (AvgIpc) is 2.53. The highest BCUT2D eigenvalue weighted by Crippen LogP contribution is 2.36. The summed E-state index contributed by atoms with van der Waals surface area (Å²) in [6, 6.07) is 25.1. The fourth-order valence-corrected chi connectivity index (χ4v) is 2.82. The van der Waals surface area contributed by atoms with E-state index in [9.17, 15) is 0 Å². The van der Waals surface area contributed by atoms with Crippen LogP contribution in [-0.2, 0) is 0 Å². The van der Waals surface area contributed by atoms with E-state index in [0.717, 1.165) is 21.9 Å². The molecular weight excluding hydrogens is 256 g/mol. The molecule has 0 aliphatic carbocycles. The van der Waals surface area contributed by atoms with Crippen LogP contribution in [-0.4, -0.2) is 0 Å². The molecule has 1 heteroatoms. The van der Waals surface area contributed by atoms with Gasteiger partial charge in [0.05, 0.1) is 10.8 Å². The largest absolute Gasteiger partial charge is 0.361 e. The average molecular weight is 271 g/mol. The minimum Gasteiger partial charge on any atom is -0.207 e. The lowest BCUT2D eigenvalue weighted by molar-refractivity contribution is 0.661. The van der Waals surface area contributed by atoms with Crippen molar-refractivity contribution in [3.63, 3.8) is 0 Å². The first-order valence-corrected chi connectivity index (χ1v) is 7.13. The number of para-hydroxylation sites is 2. The van der Waals surface area contributed by atoms with Gasteiger partial charge in [-0.05, 0) is 24.6 Å². The molecular formula is C20H15O+. The Bertz CT molecular complexity index is 883. The van der Waals surface area contributed by atoms with Crippen molar-refractivity contribution >= 4 is 21.9 Å². The second kappa shape index (κ2) is 4.71. The molecule has 0 radical (unpaired) electrons. The zero-order valence-corrected chi connectivity index (χ0v) is 11.8. The summed E-state index contributed by atoms with van der Waals surface area (Å²) in [4.78, 5) is 0. The summed E-state index contributed by atoms with van der Waals surface area (Å²) in [5.74, 6) is 0. The molecule has 0 spiro atoms. The highest BCUT2D eigenvalue weighted by atomic mass is 16.3. The van der Waals surface area contributed by atoms with Crippen molar-refractivity contribution in [2.45, 2.75) is 6.92 Å². The van der Waals surface area contributed by atoms with Crippen LogP contribution in [0.25, 0.3) is 33.1 Å². The third-order valence-electron chi connectivity index (χ3n) is 3.87. The molecule has 0 N–H and O–H groups in total. The van der Waals surface area contributed by atoms with Crippen LogP contribution in [0, 0.1) is 6.92 Å². The molecule has 0 bridgehead atoms. The van der Waals surface area contributed by atoms with Gasteiger partial charge in [-0.25, -0.2) is 4.42 Å². The topological polar surface area (TPSA) is 11.3 Å². The SMILES string of the molecule is Cc1ccc(-c2c3ccccc3[o+]c3ccccc23)cc1. The molecule has 1 aromatic heterocycles. The lowest BCUT2D eigenvalue weighted by Gasteiger charge is -2.05. The molecule has 4 aromatic rings. The van der Waals surface area contributed by atoms with Crippen LogP contribution in [0.2, 0.25) is 0 Å². The normalized spacial score (nSPS) is 11.1. The van der Waals surface area contributed by atoms with E-state index >= 15 is 0 Å². The standard InChI is InChI=1S/C20H15O/c1-14-10-12-15(13-11-14)20-16-6-2-4-8-18(16)21-19-9-5-3-7-17(19)20/h2-13H,1H3/q+1. The highest BCUT2D eigenvalue weighted by Gasteiger charge is 2.18. The monoisotopic (exact) mass is 271 g/mol. The van der Waals surface area contributed by atoms with Gasteiger partial charge in [-0.15, -0.1) is 0 Å². The molecule has 0 aliphatic heterocycles. The van der Waals surface area contributed by atoms with E-state index < -0.39 is 0 Å². The minimum atomic E-state index is 0.923. The van der Waals surface area contributed by atoms with E-state index in [4.69, 9.17) is 4.42 Å². The van der Waals surface area contributed by atoms with Crippen LogP contribution >= 0.6 is 0 Å². The fraction of sp³-hybridized carbons (Fsp3) is 0.0500. The van der Waals surface area contributed by atoms with Crippen LogP contribution in [0.4, 0.5) is 0 Å². The van der Waals surface area contributed by atoms with Gasteiger partial charge in [0.25, 0.3) is 0 Å². The molecule has 3 aromatic carbocycles. The van der Waals surface area contributed by atoms with Crippen LogP contribution in [0.5, 0.6) is 0 Å². The number of benzene rings is 3. The van der Waals surface area contributed by atoms with Gasteiger partial charge in [0, 0.05) is 17.7 Å². The molecule has 0 fully saturated rings. The lowest BCUT2D eigenvalue weighted by atomic mass is 9.96. The first kappa shape index (κ1) is 12.1. The predicted octanol–water partition coefficient (Wildman–Crippen LogP) is 5.84. The second-order valence-electron chi connectivity index (χ2n) is 5.34. The zero-order valence-electron chi connectivity index (χ0n) is 11.8. The van der Waals surface area contributed by atoms with Crippen molar-refractivity contribution in [2.75, 3.05) is 0 Å². The second-order valence-corrected chi connectivity index (χ2v) is 5.34. The van der Waals surface area contributed by atoms with E-state index in [2.05, 4.69) is 55.5 Å². The van der Waals surface area contributed by atoms with Gasteiger partial charge in [0.15, 0.2) is 0 Å². The van der Waals surface area contributed by atoms with Crippen molar-refractivity contribution in [3.8, 4) is 11.1 Å². The predicted molar refractivity (Wildman–Crippen MR) is 88.3 cm³/mol. The van der Waals surface area contributed by atoms with E-state index in [1.165, 1.54) is 16.7 Å². The third-order valence-corrected chi connectivity index (χ3v) is 3.87. The Balaban J connectivity index is 2.18. The van der Waals surface area contributed by atoms with E-state index in [1.54, 1.807) is 0 Å². The Hall–Kier alpha value is -2.67. The summed E-state index contributed by atoms with van der Waals surface area (Å²) in [6.07, 6.45) is 0. The van der Waals surface area contributed by atoms with E-state index in [1.807, 2.05) is 24.3 Å². The first-order chi connectivity index (χ1) is 10.3. The van der Waals surface area contributed by atoms with Gasteiger partial charge in [0.2, 0.25) is 0 Å². The Labute approximate surface area is 123 Å². The Morgan fingerprint density at radius 3 is 1.71 bits per heavy atom. The fourth-order valence-electron chi connectivity index (χ4n) is 2.82. The molecule has 0 saturated carbocycles. The number of hydrogen-bond acceptors (Lipinski definition) is 0. The Kier molecular flexibility index (Phi) is 2.71. The van der Waals surface area contributed by atoms with Crippen LogP contribution in [0.3, 0.4) is 0 Å². The van der Waals surface area contributed by atoms with Crippen LogP contribution in [0.1, 0.15) is 5.56 Å². The van der Waals surface area contributed by atoms with E-state index in [0.29, 0.717) is 0 Å². The van der Waals surface area contributed by atoms with Crippen molar-refractivity contribution in [1.29, 1.82) is 0 Å². The molecule has 0 aliphatic rings.